The third kappa shape index (κ3) is 2.35. The van der Waals surface area contributed by atoms with Crippen LogP contribution in [0.4, 0.5) is 0 Å². The van der Waals surface area contributed by atoms with Gasteiger partial charge in [-0.2, -0.15) is 0 Å². The first-order valence-electron chi connectivity index (χ1n) is 5.64. The minimum atomic E-state index is -0.279. The van der Waals surface area contributed by atoms with Crippen molar-refractivity contribution in [2.45, 2.75) is 12.8 Å². The Hall–Kier alpha value is -1.10. The van der Waals surface area contributed by atoms with Crippen LogP contribution in [-0.4, -0.2) is 50.2 Å². The lowest BCUT2D eigenvalue weighted by Gasteiger charge is -2.19. The second-order valence-electron chi connectivity index (χ2n) is 4.45. The fourth-order valence-electron chi connectivity index (χ4n) is 2.31. The molecule has 2 unspecified atom stereocenters. The Labute approximate surface area is 94.7 Å². The Morgan fingerprint density at radius 3 is 3.06 bits per heavy atom. The zero-order chi connectivity index (χ0) is 11.5. The fraction of sp³-hybridized carbons (Fsp3) is 0.818. The van der Waals surface area contributed by atoms with E-state index in [1.165, 1.54) is 7.11 Å². The molecule has 0 radical (unpaired) electrons. The summed E-state index contributed by atoms with van der Waals surface area (Å²) in [4.78, 5) is 24.8. The van der Waals surface area contributed by atoms with Crippen LogP contribution in [0.2, 0.25) is 0 Å². The first-order valence-corrected chi connectivity index (χ1v) is 5.64. The third-order valence-electron chi connectivity index (χ3n) is 3.25. The summed E-state index contributed by atoms with van der Waals surface area (Å²) < 4.78 is 9.93. The summed E-state index contributed by atoms with van der Waals surface area (Å²) in [6, 6.07) is 0. The second-order valence-corrected chi connectivity index (χ2v) is 4.45. The van der Waals surface area contributed by atoms with Gasteiger partial charge in [0.25, 0.3) is 0 Å². The van der Waals surface area contributed by atoms with Gasteiger partial charge in [0.15, 0.2) is 0 Å². The summed E-state index contributed by atoms with van der Waals surface area (Å²) >= 11 is 0. The molecule has 2 saturated heterocycles. The number of methoxy groups -OCH3 is 1. The monoisotopic (exact) mass is 227 g/mol. The average molecular weight is 227 g/mol. The average Bonchev–Trinajstić information content (AvgIpc) is 2.89. The molecule has 0 aromatic heterocycles. The van der Waals surface area contributed by atoms with Gasteiger partial charge < -0.3 is 14.4 Å². The van der Waals surface area contributed by atoms with E-state index in [2.05, 4.69) is 4.74 Å². The maximum Gasteiger partial charge on any atom is 0.310 e. The van der Waals surface area contributed by atoms with Crippen molar-refractivity contribution in [1.29, 1.82) is 0 Å². The number of rotatable bonds is 3. The predicted octanol–water partition coefficient (Wildman–Crippen LogP) is 0.0444. The summed E-state index contributed by atoms with van der Waals surface area (Å²) in [7, 11) is 1.36. The van der Waals surface area contributed by atoms with Crippen LogP contribution in [0.5, 0.6) is 0 Å². The van der Waals surface area contributed by atoms with E-state index >= 15 is 0 Å². The Bertz CT molecular complexity index is 286. The van der Waals surface area contributed by atoms with Gasteiger partial charge in [0.2, 0.25) is 5.91 Å². The highest BCUT2D eigenvalue weighted by molar-refractivity contribution is 5.86. The highest BCUT2D eigenvalue weighted by atomic mass is 16.5. The largest absolute Gasteiger partial charge is 0.469 e. The van der Waals surface area contributed by atoms with Crippen molar-refractivity contribution in [1.82, 2.24) is 4.90 Å². The van der Waals surface area contributed by atoms with E-state index in [1.54, 1.807) is 4.90 Å². The summed E-state index contributed by atoms with van der Waals surface area (Å²) in [6.07, 6.45) is 1.30. The van der Waals surface area contributed by atoms with Crippen LogP contribution in [0, 0.1) is 11.8 Å². The van der Waals surface area contributed by atoms with Crippen LogP contribution in [0.15, 0.2) is 0 Å². The number of nitrogens with zero attached hydrogens (tertiary/aromatic N) is 1. The fourth-order valence-corrected chi connectivity index (χ4v) is 2.31. The first kappa shape index (κ1) is 11.4. The van der Waals surface area contributed by atoms with Gasteiger partial charge in [-0.25, -0.2) is 0 Å². The number of amides is 1. The van der Waals surface area contributed by atoms with Crippen LogP contribution in [-0.2, 0) is 19.1 Å². The van der Waals surface area contributed by atoms with Crippen molar-refractivity contribution in [2.75, 3.05) is 33.4 Å². The standard InChI is InChI=1S/C11H17NO4/c1-15-11(14)9-4-10(13)12(6-9)5-8-2-3-16-7-8/h8-9H,2-7H2,1H3. The van der Waals surface area contributed by atoms with Crippen molar-refractivity contribution in [3.8, 4) is 0 Å². The molecule has 0 bridgehead atoms. The minimum Gasteiger partial charge on any atom is -0.469 e. The summed E-state index contributed by atoms with van der Waals surface area (Å²) in [6.45, 7) is 2.73. The molecule has 2 atom stereocenters. The molecular weight excluding hydrogens is 210 g/mol. The van der Waals surface area contributed by atoms with Gasteiger partial charge in [0, 0.05) is 32.0 Å². The molecule has 2 fully saturated rings. The molecule has 2 rings (SSSR count). The van der Waals surface area contributed by atoms with Gasteiger partial charge >= 0.3 is 5.97 Å². The molecule has 2 aliphatic heterocycles. The number of hydrogen-bond donors (Lipinski definition) is 0. The van der Waals surface area contributed by atoms with Gasteiger partial charge in [0.05, 0.1) is 19.6 Å². The maximum atomic E-state index is 11.7. The van der Waals surface area contributed by atoms with E-state index in [1.807, 2.05) is 0 Å². The lowest BCUT2D eigenvalue weighted by atomic mass is 10.1. The van der Waals surface area contributed by atoms with E-state index in [0.29, 0.717) is 25.4 Å². The van der Waals surface area contributed by atoms with Gasteiger partial charge in [0.1, 0.15) is 0 Å². The Kier molecular flexibility index (Phi) is 3.43. The predicted molar refractivity (Wildman–Crippen MR) is 55.6 cm³/mol. The van der Waals surface area contributed by atoms with E-state index in [-0.39, 0.29) is 17.8 Å². The molecule has 0 aromatic rings. The van der Waals surface area contributed by atoms with Crippen LogP contribution in [0.3, 0.4) is 0 Å². The molecule has 16 heavy (non-hydrogen) atoms. The Morgan fingerprint density at radius 2 is 2.44 bits per heavy atom. The van der Waals surface area contributed by atoms with Gasteiger partial charge in [-0.1, -0.05) is 0 Å². The van der Waals surface area contributed by atoms with Gasteiger partial charge in [-0.05, 0) is 6.42 Å². The summed E-state index contributed by atoms with van der Waals surface area (Å²) in [5.41, 5.74) is 0. The number of esters is 1. The zero-order valence-electron chi connectivity index (χ0n) is 9.48. The van der Waals surface area contributed by atoms with Gasteiger partial charge in [-0.3, -0.25) is 9.59 Å². The molecular formula is C11H17NO4. The van der Waals surface area contributed by atoms with E-state index in [4.69, 9.17) is 4.74 Å². The molecule has 1 amide bonds. The highest BCUT2D eigenvalue weighted by Crippen LogP contribution is 2.22. The van der Waals surface area contributed by atoms with Crippen LogP contribution in [0.25, 0.3) is 0 Å². The van der Waals surface area contributed by atoms with E-state index < -0.39 is 0 Å². The molecule has 5 heteroatoms. The SMILES string of the molecule is COC(=O)C1CC(=O)N(CC2CCOC2)C1. The maximum absolute atomic E-state index is 11.7. The number of carbonyl (C=O) groups excluding carboxylic acids is 2. The normalized spacial score (nSPS) is 29.8. The third-order valence-corrected chi connectivity index (χ3v) is 3.25. The molecule has 0 spiro atoms. The number of carbonyl (C=O) groups is 2. The molecule has 0 aromatic carbocycles. The molecule has 5 nitrogen and oxygen atoms in total. The van der Waals surface area contributed by atoms with Crippen molar-refractivity contribution in [2.24, 2.45) is 11.8 Å². The molecule has 2 aliphatic rings. The molecule has 0 N–H and O–H groups in total. The minimum absolute atomic E-state index is 0.0577. The Balaban J connectivity index is 1.86. The molecule has 0 aliphatic carbocycles. The van der Waals surface area contributed by atoms with Crippen molar-refractivity contribution < 1.29 is 19.1 Å². The highest BCUT2D eigenvalue weighted by Gasteiger charge is 2.36. The topological polar surface area (TPSA) is 55.8 Å². The smallest absolute Gasteiger partial charge is 0.310 e. The molecule has 0 saturated carbocycles. The zero-order valence-corrected chi connectivity index (χ0v) is 9.48. The summed E-state index contributed by atoms with van der Waals surface area (Å²) in [5.74, 6) is -0.0685. The van der Waals surface area contributed by atoms with E-state index in [0.717, 1.165) is 19.6 Å². The first-order chi connectivity index (χ1) is 7.70. The number of likely N-dealkylation sites (tertiary alicyclic amines) is 1. The summed E-state index contributed by atoms with van der Waals surface area (Å²) in [5, 5.41) is 0. The number of hydrogen-bond acceptors (Lipinski definition) is 4. The second kappa shape index (κ2) is 4.82. The van der Waals surface area contributed by atoms with Crippen molar-refractivity contribution >= 4 is 11.9 Å². The quantitative estimate of drug-likeness (QED) is 0.639. The lowest BCUT2D eigenvalue weighted by Crippen LogP contribution is -2.32. The van der Waals surface area contributed by atoms with Gasteiger partial charge in [-0.15, -0.1) is 0 Å². The molecule has 2 heterocycles. The van der Waals surface area contributed by atoms with Crippen LogP contribution >= 0.6 is 0 Å². The van der Waals surface area contributed by atoms with Crippen LogP contribution < -0.4 is 0 Å². The van der Waals surface area contributed by atoms with Crippen LogP contribution in [0.1, 0.15) is 12.8 Å². The lowest BCUT2D eigenvalue weighted by molar-refractivity contribution is -0.145. The van der Waals surface area contributed by atoms with Crippen molar-refractivity contribution in [3.05, 3.63) is 0 Å². The Morgan fingerprint density at radius 1 is 1.62 bits per heavy atom. The van der Waals surface area contributed by atoms with Crippen molar-refractivity contribution in [3.63, 3.8) is 0 Å². The number of ether oxygens (including phenoxy) is 2. The molecule has 90 valence electrons. The van der Waals surface area contributed by atoms with E-state index in [9.17, 15) is 9.59 Å².